The lowest BCUT2D eigenvalue weighted by Gasteiger charge is -2.19. The maximum atomic E-state index is 2.28. The topological polar surface area (TPSA) is 0 Å². The van der Waals surface area contributed by atoms with Gasteiger partial charge in [-0.15, -0.1) is 0 Å². The van der Waals surface area contributed by atoms with Gasteiger partial charge in [-0.3, -0.25) is 0 Å². The molecule has 0 aliphatic heterocycles. The molecule has 0 heteroatoms. The second kappa shape index (κ2) is 11.2. The predicted octanol–water partition coefficient (Wildman–Crippen LogP) is 12.3. The molecule has 0 nitrogen and oxygen atoms in total. The Morgan fingerprint density at radius 3 is 0.977 bits per heavy atom. The molecule has 0 aliphatic rings. The van der Waals surface area contributed by atoms with Gasteiger partial charge in [-0.1, -0.05) is 182 Å². The molecule has 0 heterocycles. The van der Waals surface area contributed by atoms with Crippen LogP contribution in [-0.2, 0) is 0 Å². The van der Waals surface area contributed by atoms with Crippen LogP contribution in [0.15, 0.2) is 182 Å². The Morgan fingerprint density at radius 1 is 0.182 bits per heavy atom. The molecule has 0 fully saturated rings. The first kappa shape index (κ1) is 25.9. The summed E-state index contributed by atoms with van der Waals surface area (Å²) >= 11 is 0. The Bertz CT molecular complexity index is 2170. The van der Waals surface area contributed by atoms with Crippen LogP contribution in [-0.4, -0.2) is 0 Å². The number of hydrogen-bond acceptors (Lipinski definition) is 0. The smallest absolute Gasteiger partial charge is 0.00201 e. The molecule has 0 N–H and O–H groups in total. The maximum Gasteiger partial charge on any atom is -0.00201 e. The lowest BCUT2D eigenvalue weighted by molar-refractivity contribution is 1.57. The van der Waals surface area contributed by atoms with Crippen molar-refractivity contribution in [2.75, 3.05) is 0 Å². The molecule has 0 aliphatic carbocycles. The number of rotatable bonds is 5. The molecule has 0 amide bonds. The molecule has 0 spiro atoms. The first-order valence-corrected chi connectivity index (χ1v) is 15.2. The van der Waals surface area contributed by atoms with Gasteiger partial charge in [0, 0.05) is 0 Å². The third-order valence-corrected chi connectivity index (χ3v) is 8.71. The summed E-state index contributed by atoms with van der Waals surface area (Å²) in [5.41, 5.74) is 12.4. The minimum atomic E-state index is 1.21. The van der Waals surface area contributed by atoms with E-state index in [4.69, 9.17) is 0 Å². The van der Waals surface area contributed by atoms with Crippen LogP contribution in [0.25, 0.3) is 77.2 Å². The predicted molar refractivity (Wildman–Crippen MR) is 189 cm³/mol. The standard InChI is InChI=1S/C44H30/c1-3-13-31(14-4-1)32-23-25-33(26-24-32)34-27-29-35(30-28-34)37-17-7-8-18-38(37)44-41-21-11-9-19-39(41)43(36-15-5-2-6-16-36)40-20-10-12-22-42(40)44/h1-30H. The van der Waals surface area contributed by atoms with Crippen LogP contribution >= 0.6 is 0 Å². The van der Waals surface area contributed by atoms with Crippen LogP contribution < -0.4 is 0 Å². The van der Waals surface area contributed by atoms with E-state index in [1.54, 1.807) is 0 Å². The summed E-state index contributed by atoms with van der Waals surface area (Å²) in [6, 6.07) is 65.8. The van der Waals surface area contributed by atoms with Gasteiger partial charge in [-0.05, 0) is 77.2 Å². The fourth-order valence-electron chi connectivity index (χ4n) is 6.62. The van der Waals surface area contributed by atoms with Gasteiger partial charge in [0.1, 0.15) is 0 Å². The molecule has 8 rings (SSSR count). The van der Waals surface area contributed by atoms with Crippen LogP contribution in [0.2, 0.25) is 0 Å². The average molecular weight is 559 g/mol. The molecule has 0 aromatic heterocycles. The Kier molecular flexibility index (Phi) is 6.59. The molecule has 8 aromatic carbocycles. The zero-order valence-electron chi connectivity index (χ0n) is 24.3. The Balaban J connectivity index is 1.25. The fraction of sp³-hybridized carbons (Fsp3) is 0. The van der Waals surface area contributed by atoms with E-state index in [1.807, 2.05) is 0 Å². The minimum absolute atomic E-state index is 1.21. The number of benzene rings is 8. The van der Waals surface area contributed by atoms with Crippen molar-refractivity contribution in [3.8, 4) is 55.6 Å². The Hall–Kier alpha value is -5.72. The zero-order valence-corrected chi connectivity index (χ0v) is 24.3. The molecule has 0 saturated heterocycles. The van der Waals surface area contributed by atoms with Crippen molar-refractivity contribution in [2.45, 2.75) is 0 Å². The largest absolute Gasteiger partial charge is 0.0622 e. The quantitative estimate of drug-likeness (QED) is 0.184. The lowest BCUT2D eigenvalue weighted by Crippen LogP contribution is -1.92. The second-order valence-corrected chi connectivity index (χ2v) is 11.3. The molecule has 44 heavy (non-hydrogen) atoms. The van der Waals surface area contributed by atoms with Gasteiger partial charge in [-0.2, -0.15) is 0 Å². The molecular formula is C44H30. The van der Waals surface area contributed by atoms with Crippen molar-refractivity contribution in [1.82, 2.24) is 0 Å². The molecule has 0 saturated carbocycles. The normalized spacial score (nSPS) is 11.2. The maximum absolute atomic E-state index is 2.28. The van der Waals surface area contributed by atoms with Crippen LogP contribution in [0.5, 0.6) is 0 Å². The first-order chi connectivity index (χ1) is 21.8. The van der Waals surface area contributed by atoms with E-state index < -0.39 is 0 Å². The van der Waals surface area contributed by atoms with Crippen molar-refractivity contribution in [3.63, 3.8) is 0 Å². The Morgan fingerprint density at radius 2 is 0.500 bits per heavy atom. The summed E-state index contributed by atoms with van der Waals surface area (Å²) in [5.74, 6) is 0. The van der Waals surface area contributed by atoms with Gasteiger partial charge in [0.25, 0.3) is 0 Å². The monoisotopic (exact) mass is 558 g/mol. The van der Waals surface area contributed by atoms with Gasteiger partial charge in [0.15, 0.2) is 0 Å². The van der Waals surface area contributed by atoms with E-state index in [0.717, 1.165) is 0 Å². The second-order valence-electron chi connectivity index (χ2n) is 11.3. The third kappa shape index (κ3) is 4.58. The minimum Gasteiger partial charge on any atom is -0.0622 e. The molecule has 206 valence electrons. The van der Waals surface area contributed by atoms with Crippen LogP contribution in [0.3, 0.4) is 0 Å². The molecule has 0 atom stereocenters. The van der Waals surface area contributed by atoms with E-state index in [-0.39, 0.29) is 0 Å². The van der Waals surface area contributed by atoms with Crippen molar-refractivity contribution in [3.05, 3.63) is 182 Å². The zero-order chi connectivity index (χ0) is 29.3. The van der Waals surface area contributed by atoms with Crippen molar-refractivity contribution < 1.29 is 0 Å². The van der Waals surface area contributed by atoms with E-state index in [9.17, 15) is 0 Å². The van der Waals surface area contributed by atoms with E-state index >= 15 is 0 Å². The molecule has 0 radical (unpaired) electrons. The first-order valence-electron chi connectivity index (χ1n) is 15.2. The van der Waals surface area contributed by atoms with Gasteiger partial charge < -0.3 is 0 Å². The summed E-state index contributed by atoms with van der Waals surface area (Å²) in [6.07, 6.45) is 0. The highest BCUT2D eigenvalue weighted by atomic mass is 14.2. The summed E-state index contributed by atoms with van der Waals surface area (Å²) in [6.45, 7) is 0. The number of fused-ring (bicyclic) bond motifs is 2. The Labute approximate surface area is 258 Å². The van der Waals surface area contributed by atoms with Crippen LogP contribution in [0, 0.1) is 0 Å². The highest BCUT2D eigenvalue weighted by Crippen LogP contribution is 2.46. The van der Waals surface area contributed by atoms with E-state index in [0.29, 0.717) is 0 Å². The molecular weight excluding hydrogens is 528 g/mol. The van der Waals surface area contributed by atoms with Gasteiger partial charge in [0.2, 0.25) is 0 Å². The number of hydrogen-bond donors (Lipinski definition) is 0. The van der Waals surface area contributed by atoms with Gasteiger partial charge in [-0.25, -0.2) is 0 Å². The average Bonchev–Trinajstić information content (AvgIpc) is 3.11. The van der Waals surface area contributed by atoms with Crippen molar-refractivity contribution >= 4 is 21.5 Å². The summed E-state index contributed by atoms with van der Waals surface area (Å²) < 4.78 is 0. The van der Waals surface area contributed by atoms with Gasteiger partial charge in [0.05, 0.1) is 0 Å². The third-order valence-electron chi connectivity index (χ3n) is 8.71. The van der Waals surface area contributed by atoms with Crippen LogP contribution in [0.4, 0.5) is 0 Å². The summed E-state index contributed by atoms with van der Waals surface area (Å²) in [5, 5.41) is 5.09. The van der Waals surface area contributed by atoms with Crippen molar-refractivity contribution in [1.29, 1.82) is 0 Å². The fourth-order valence-corrected chi connectivity index (χ4v) is 6.62. The van der Waals surface area contributed by atoms with E-state index in [1.165, 1.54) is 77.2 Å². The summed E-state index contributed by atoms with van der Waals surface area (Å²) in [4.78, 5) is 0. The molecule has 0 unspecified atom stereocenters. The highest BCUT2D eigenvalue weighted by Gasteiger charge is 2.18. The van der Waals surface area contributed by atoms with Gasteiger partial charge >= 0.3 is 0 Å². The van der Waals surface area contributed by atoms with E-state index in [2.05, 4.69) is 182 Å². The SMILES string of the molecule is c1ccc(-c2ccc(-c3ccc(-c4ccccc4-c4c5ccccc5c(-c5ccccc5)c5ccccc45)cc3)cc2)cc1. The van der Waals surface area contributed by atoms with Crippen LogP contribution in [0.1, 0.15) is 0 Å². The summed E-state index contributed by atoms with van der Waals surface area (Å²) in [7, 11) is 0. The molecule has 0 bridgehead atoms. The lowest BCUT2D eigenvalue weighted by atomic mass is 9.84. The molecule has 8 aromatic rings. The highest BCUT2D eigenvalue weighted by molar-refractivity contribution is 6.22. The van der Waals surface area contributed by atoms with Crippen molar-refractivity contribution in [2.24, 2.45) is 0 Å².